The van der Waals surface area contributed by atoms with Crippen LogP contribution in [0.2, 0.25) is 0 Å². The SMILES string of the molecule is CCN(CC)CCn1c2c(c(SCC(=O)Nc3ccccc3C)nc1=O)CCC2. The van der Waals surface area contributed by atoms with Crippen LogP contribution in [0.3, 0.4) is 0 Å². The monoisotopic (exact) mass is 414 g/mol. The molecule has 1 aliphatic rings. The molecule has 3 rings (SSSR count). The molecule has 1 N–H and O–H groups in total. The molecule has 1 amide bonds. The maximum absolute atomic E-state index is 12.7. The van der Waals surface area contributed by atoms with E-state index in [9.17, 15) is 9.59 Å². The van der Waals surface area contributed by atoms with Crippen molar-refractivity contribution in [2.75, 3.05) is 30.7 Å². The Morgan fingerprint density at radius 2 is 2.00 bits per heavy atom. The standard InChI is InChI=1S/C22H30N4O2S/c1-4-25(5-2)13-14-26-19-12-8-10-17(19)21(24-22(26)28)29-15-20(27)23-18-11-7-6-9-16(18)3/h6-7,9,11H,4-5,8,10,12-15H2,1-3H3,(H,23,27). The molecule has 1 aromatic heterocycles. The molecule has 7 heteroatoms. The van der Waals surface area contributed by atoms with Crippen LogP contribution < -0.4 is 11.0 Å². The largest absolute Gasteiger partial charge is 0.348 e. The molecule has 6 nitrogen and oxygen atoms in total. The summed E-state index contributed by atoms with van der Waals surface area (Å²) in [7, 11) is 0. The van der Waals surface area contributed by atoms with Crippen LogP contribution in [0.25, 0.3) is 0 Å². The van der Waals surface area contributed by atoms with Crippen molar-refractivity contribution < 1.29 is 4.79 Å². The van der Waals surface area contributed by atoms with Crippen molar-refractivity contribution in [3.8, 4) is 0 Å². The van der Waals surface area contributed by atoms with E-state index in [1.54, 1.807) is 0 Å². The first-order valence-electron chi connectivity index (χ1n) is 10.4. The van der Waals surface area contributed by atoms with Crippen LogP contribution in [0.15, 0.2) is 34.1 Å². The summed E-state index contributed by atoms with van der Waals surface area (Å²) in [5.41, 5.74) is 3.92. The van der Waals surface area contributed by atoms with Gasteiger partial charge in [-0.25, -0.2) is 4.79 Å². The van der Waals surface area contributed by atoms with E-state index in [4.69, 9.17) is 0 Å². The Kier molecular flexibility index (Phi) is 7.50. The zero-order valence-corrected chi connectivity index (χ0v) is 18.3. The van der Waals surface area contributed by atoms with Gasteiger partial charge in [0.25, 0.3) is 0 Å². The summed E-state index contributed by atoms with van der Waals surface area (Å²) in [6, 6.07) is 7.71. The number of carbonyl (C=O) groups excluding carboxylic acids is 1. The highest BCUT2D eigenvalue weighted by Crippen LogP contribution is 2.29. The molecule has 0 radical (unpaired) electrons. The summed E-state index contributed by atoms with van der Waals surface area (Å²) < 4.78 is 1.85. The van der Waals surface area contributed by atoms with Crippen molar-refractivity contribution in [2.24, 2.45) is 0 Å². The van der Waals surface area contributed by atoms with E-state index in [1.165, 1.54) is 11.8 Å². The number of aryl methyl sites for hydroxylation is 1. The number of para-hydroxylation sites is 1. The predicted octanol–water partition coefficient (Wildman–Crippen LogP) is 3.11. The molecule has 0 bridgehead atoms. The van der Waals surface area contributed by atoms with Gasteiger partial charge >= 0.3 is 5.69 Å². The Bertz CT molecular complexity index is 922. The van der Waals surface area contributed by atoms with Crippen LogP contribution in [0, 0.1) is 6.92 Å². The molecule has 0 spiro atoms. The maximum atomic E-state index is 12.7. The number of hydrogen-bond acceptors (Lipinski definition) is 5. The van der Waals surface area contributed by atoms with E-state index < -0.39 is 0 Å². The minimum atomic E-state index is -0.195. The fourth-order valence-corrected chi connectivity index (χ4v) is 4.63. The van der Waals surface area contributed by atoms with E-state index in [1.807, 2.05) is 35.8 Å². The number of rotatable bonds is 9. The summed E-state index contributed by atoms with van der Waals surface area (Å²) in [5, 5.41) is 3.67. The molecule has 0 saturated carbocycles. The summed E-state index contributed by atoms with van der Waals surface area (Å²) in [4.78, 5) is 31.7. The van der Waals surface area contributed by atoms with Gasteiger partial charge in [0.2, 0.25) is 5.91 Å². The van der Waals surface area contributed by atoms with Crippen LogP contribution in [-0.2, 0) is 24.2 Å². The third kappa shape index (κ3) is 5.28. The van der Waals surface area contributed by atoms with E-state index in [-0.39, 0.29) is 17.3 Å². The summed E-state index contributed by atoms with van der Waals surface area (Å²) >= 11 is 1.37. The smallest absolute Gasteiger partial charge is 0.325 e. The predicted molar refractivity (Wildman–Crippen MR) is 119 cm³/mol. The van der Waals surface area contributed by atoms with Gasteiger partial charge in [0.1, 0.15) is 5.03 Å². The fraction of sp³-hybridized carbons (Fsp3) is 0.500. The lowest BCUT2D eigenvalue weighted by Crippen LogP contribution is -2.34. The maximum Gasteiger partial charge on any atom is 0.348 e. The first-order valence-corrected chi connectivity index (χ1v) is 11.3. The zero-order chi connectivity index (χ0) is 20.8. The molecule has 0 atom stereocenters. The van der Waals surface area contributed by atoms with Gasteiger partial charge in [0, 0.05) is 30.0 Å². The van der Waals surface area contributed by atoms with Crippen molar-refractivity contribution in [2.45, 2.75) is 51.6 Å². The Morgan fingerprint density at radius 1 is 1.24 bits per heavy atom. The summed E-state index contributed by atoms with van der Waals surface area (Å²) in [5.74, 6) is 0.167. The molecule has 2 aromatic rings. The number of thioether (sulfide) groups is 1. The number of amides is 1. The number of likely N-dealkylation sites (N-methyl/N-ethyl adjacent to an activating group) is 1. The van der Waals surface area contributed by atoms with Gasteiger partial charge in [-0.15, -0.1) is 0 Å². The minimum absolute atomic E-state index is 0.0800. The van der Waals surface area contributed by atoms with Crippen LogP contribution in [0.4, 0.5) is 5.69 Å². The number of benzene rings is 1. The molecular weight excluding hydrogens is 384 g/mol. The Labute approximate surface area is 176 Å². The highest BCUT2D eigenvalue weighted by molar-refractivity contribution is 8.00. The van der Waals surface area contributed by atoms with Crippen molar-refractivity contribution in [1.82, 2.24) is 14.5 Å². The van der Waals surface area contributed by atoms with Gasteiger partial charge in [-0.2, -0.15) is 4.98 Å². The Hall–Kier alpha value is -2.12. The van der Waals surface area contributed by atoms with Crippen molar-refractivity contribution >= 4 is 23.4 Å². The first-order chi connectivity index (χ1) is 14.0. The van der Waals surface area contributed by atoms with E-state index in [2.05, 4.69) is 29.0 Å². The number of nitrogens with zero attached hydrogens (tertiary/aromatic N) is 3. The van der Waals surface area contributed by atoms with Gasteiger partial charge < -0.3 is 10.2 Å². The number of fused-ring (bicyclic) bond motifs is 1. The van der Waals surface area contributed by atoms with E-state index >= 15 is 0 Å². The Morgan fingerprint density at radius 3 is 2.72 bits per heavy atom. The van der Waals surface area contributed by atoms with Gasteiger partial charge in [0.05, 0.1) is 5.75 Å². The molecule has 0 fully saturated rings. The van der Waals surface area contributed by atoms with Gasteiger partial charge in [-0.05, 0) is 50.9 Å². The van der Waals surface area contributed by atoms with Gasteiger partial charge in [0.15, 0.2) is 0 Å². The van der Waals surface area contributed by atoms with Crippen LogP contribution >= 0.6 is 11.8 Å². The van der Waals surface area contributed by atoms with Gasteiger partial charge in [-0.1, -0.05) is 43.8 Å². The number of nitrogens with one attached hydrogen (secondary N) is 1. The first kappa shape index (κ1) is 21.6. The lowest BCUT2D eigenvalue weighted by molar-refractivity contribution is -0.113. The minimum Gasteiger partial charge on any atom is -0.325 e. The lowest BCUT2D eigenvalue weighted by Gasteiger charge is -2.20. The molecule has 0 saturated heterocycles. The highest BCUT2D eigenvalue weighted by Gasteiger charge is 2.22. The third-order valence-corrected chi connectivity index (χ3v) is 6.51. The number of carbonyl (C=O) groups is 1. The number of aromatic nitrogens is 2. The van der Waals surface area contributed by atoms with E-state index in [0.29, 0.717) is 6.54 Å². The summed E-state index contributed by atoms with van der Waals surface area (Å²) in [6.45, 7) is 9.72. The molecule has 156 valence electrons. The molecule has 0 unspecified atom stereocenters. The average Bonchev–Trinajstić information content (AvgIpc) is 3.20. The molecule has 1 aliphatic carbocycles. The fourth-order valence-electron chi connectivity index (χ4n) is 3.75. The molecule has 29 heavy (non-hydrogen) atoms. The van der Waals surface area contributed by atoms with Crippen LogP contribution in [-0.4, -0.2) is 45.7 Å². The molecule has 0 aliphatic heterocycles. The third-order valence-electron chi connectivity index (χ3n) is 5.49. The molecule has 1 aromatic carbocycles. The second-order valence-corrected chi connectivity index (χ2v) is 8.27. The molecular formula is C22H30N4O2S. The Balaban J connectivity index is 1.70. The number of anilines is 1. The second-order valence-electron chi connectivity index (χ2n) is 7.31. The second kappa shape index (κ2) is 10.1. The van der Waals surface area contributed by atoms with E-state index in [0.717, 1.165) is 66.4 Å². The zero-order valence-electron chi connectivity index (χ0n) is 17.5. The van der Waals surface area contributed by atoms with Crippen LogP contribution in [0.1, 0.15) is 37.1 Å². The normalized spacial score (nSPS) is 13.0. The average molecular weight is 415 g/mol. The topological polar surface area (TPSA) is 67.2 Å². The summed E-state index contributed by atoms with van der Waals surface area (Å²) in [6.07, 6.45) is 2.87. The van der Waals surface area contributed by atoms with Crippen LogP contribution in [0.5, 0.6) is 0 Å². The lowest BCUT2D eigenvalue weighted by atomic mass is 10.2. The quantitative estimate of drug-likeness (QED) is 0.504. The highest BCUT2D eigenvalue weighted by atomic mass is 32.2. The number of hydrogen-bond donors (Lipinski definition) is 1. The van der Waals surface area contributed by atoms with Gasteiger partial charge in [-0.3, -0.25) is 9.36 Å². The van der Waals surface area contributed by atoms with Crippen molar-refractivity contribution in [3.63, 3.8) is 0 Å². The molecule has 1 heterocycles. The van der Waals surface area contributed by atoms with Crippen molar-refractivity contribution in [3.05, 3.63) is 51.6 Å². The van der Waals surface area contributed by atoms with Crippen molar-refractivity contribution in [1.29, 1.82) is 0 Å².